The fourth-order valence-electron chi connectivity index (χ4n) is 2.10. The first-order valence-electron chi connectivity index (χ1n) is 6.29. The van der Waals surface area contributed by atoms with Crippen molar-refractivity contribution in [1.29, 1.82) is 0 Å². The molecule has 0 aliphatic rings. The molecule has 0 radical (unpaired) electrons. The van der Waals surface area contributed by atoms with E-state index in [4.69, 9.17) is 0 Å². The molecule has 2 aromatic heterocycles. The van der Waals surface area contributed by atoms with Crippen molar-refractivity contribution in [3.8, 4) is 0 Å². The number of aryl methyl sites for hydroxylation is 3. The molecule has 0 bridgehead atoms. The van der Waals surface area contributed by atoms with E-state index in [9.17, 15) is 4.79 Å². The molecule has 0 saturated carbocycles. The van der Waals surface area contributed by atoms with Gasteiger partial charge in [0.2, 0.25) is 0 Å². The molecule has 0 spiro atoms. The van der Waals surface area contributed by atoms with Crippen LogP contribution >= 0.6 is 0 Å². The quantitative estimate of drug-likeness (QED) is 0.831. The number of carbonyl (C=O) groups excluding carboxylic acids is 1. The number of nitrogens with zero attached hydrogens (tertiary/aromatic N) is 5. The molecule has 102 valence electrons. The SMILES string of the molecule is CCn1nccc1CN(C)C(=O)c1cc(C)nn1C. The van der Waals surface area contributed by atoms with E-state index in [0.717, 1.165) is 17.9 Å². The molecule has 0 fully saturated rings. The van der Waals surface area contributed by atoms with E-state index in [0.29, 0.717) is 12.2 Å². The maximum atomic E-state index is 12.3. The molecule has 0 atom stereocenters. The Morgan fingerprint density at radius 2 is 2.21 bits per heavy atom. The Kier molecular flexibility index (Phi) is 3.69. The minimum absolute atomic E-state index is 0.0352. The van der Waals surface area contributed by atoms with Crippen LogP contribution in [0.4, 0.5) is 0 Å². The summed E-state index contributed by atoms with van der Waals surface area (Å²) in [7, 11) is 3.57. The van der Waals surface area contributed by atoms with Crippen LogP contribution < -0.4 is 0 Å². The van der Waals surface area contributed by atoms with Crippen LogP contribution in [0, 0.1) is 6.92 Å². The van der Waals surface area contributed by atoms with Crippen LogP contribution in [-0.2, 0) is 20.1 Å². The zero-order valence-corrected chi connectivity index (χ0v) is 11.8. The summed E-state index contributed by atoms with van der Waals surface area (Å²) in [6, 6.07) is 3.73. The Balaban J connectivity index is 2.14. The third-order valence-corrected chi connectivity index (χ3v) is 3.07. The second kappa shape index (κ2) is 5.26. The predicted molar refractivity (Wildman–Crippen MR) is 71.6 cm³/mol. The van der Waals surface area contributed by atoms with Crippen molar-refractivity contribution in [3.05, 3.63) is 35.4 Å². The summed E-state index contributed by atoms with van der Waals surface area (Å²) in [5.41, 5.74) is 2.47. The third kappa shape index (κ3) is 2.67. The highest BCUT2D eigenvalue weighted by atomic mass is 16.2. The molecule has 6 heteroatoms. The Bertz CT molecular complexity index is 584. The topological polar surface area (TPSA) is 56.0 Å². The summed E-state index contributed by atoms with van der Waals surface area (Å²) in [6.07, 6.45) is 1.76. The van der Waals surface area contributed by atoms with Gasteiger partial charge in [-0.2, -0.15) is 10.2 Å². The van der Waals surface area contributed by atoms with Gasteiger partial charge in [0.25, 0.3) is 5.91 Å². The van der Waals surface area contributed by atoms with Crippen molar-refractivity contribution in [3.63, 3.8) is 0 Å². The van der Waals surface area contributed by atoms with Crippen molar-refractivity contribution in [2.24, 2.45) is 7.05 Å². The summed E-state index contributed by atoms with van der Waals surface area (Å²) < 4.78 is 3.50. The molecule has 19 heavy (non-hydrogen) atoms. The molecule has 0 aliphatic carbocycles. The molecular weight excluding hydrogens is 242 g/mol. The van der Waals surface area contributed by atoms with E-state index in [1.807, 2.05) is 24.6 Å². The van der Waals surface area contributed by atoms with Gasteiger partial charge in [-0.3, -0.25) is 14.2 Å². The standard InChI is InChI=1S/C13H19N5O/c1-5-18-11(6-7-14-18)9-16(3)13(19)12-8-10(2)15-17(12)4/h6-8H,5,9H2,1-4H3. The highest BCUT2D eigenvalue weighted by Gasteiger charge is 2.17. The highest BCUT2D eigenvalue weighted by Crippen LogP contribution is 2.09. The Morgan fingerprint density at radius 3 is 2.79 bits per heavy atom. The van der Waals surface area contributed by atoms with Crippen molar-refractivity contribution in [1.82, 2.24) is 24.5 Å². The van der Waals surface area contributed by atoms with Crippen LogP contribution in [0.15, 0.2) is 18.3 Å². The van der Waals surface area contributed by atoms with Crippen LogP contribution in [0.5, 0.6) is 0 Å². The van der Waals surface area contributed by atoms with Gasteiger partial charge >= 0.3 is 0 Å². The second-order valence-electron chi connectivity index (χ2n) is 4.59. The first-order valence-corrected chi connectivity index (χ1v) is 6.29. The van der Waals surface area contributed by atoms with E-state index in [1.165, 1.54) is 0 Å². The van der Waals surface area contributed by atoms with Crippen molar-refractivity contribution < 1.29 is 4.79 Å². The molecule has 0 aromatic carbocycles. The second-order valence-corrected chi connectivity index (χ2v) is 4.59. The van der Waals surface area contributed by atoms with Crippen molar-refractivity contribution >= 4 is 5.91 Å². The zero-order chi connectivity index (χ0) is 14.0. The summed E-state index contributed by atoms with van der Waals surface area (Å²) in [5, 5.41) is 8.40. The Morgan fingerprint density at radius 1 is 1.47 bits per heavy atom. The fraction of sp³-hybridized carbons (Fsp3) is 0.462. The fourth-order valence-corrected chi connectivity index (χ4v) is 2.10. The van der Waals surface area contributed by atoms with Crippen LogP contribution in [-0.4, -0.2) is 37.4 Å². The maximum Gasteiger partial charge on any atom is 0.272 e. The molecule has 0 aliphatic heterocycles. The van der Waals surface area contributed by atoms with Gasteiger partial charge in [0.1, 0.15) is 5.69 Å². The molecule has 0 unspecified atom stereocenters. The summed E-state index contributed by atoms with van der Waals surface area (Å²) >= 11 is 0. The normalized spacial score (nSPS) is 10.7. The van der Waals surface area contributed by atoms with Crippen molar-refractivity contribution in [2.75, 3.05) is 7.05 Å². The summed E-state index contributed by atoms with van der Waals surface area (Å²) in [5.74, 6) is -0.0352. The lowest BCUT2D eigenvalue weighted by molar-refractivity contribution is 0.0770. The Labute approximate surface area is 112 Å². The average Bonchev–Trinajstić information content (AvgIpc) is 2.94. The molecule has 0 N–H and O–H groups in total. The van der Waals surface area contributed by atoms with Crippen LogP contribution in [0.25, 0.3) is 0 Å². The first-order chi connectivity index (χ1) is 9.02. The lowest BCUT2D eigenvalue weighted by atomic mass is 10.3. The third-order valence-electron chi connectivity index (χ3n) is 3.07. The van der Waals surface area contributed by atoms with E-state index in [-0.39, 0.29) is 5.91 Å². The zero-order valence-electron chi connectivity index (χ0n) is 11.8. The molecule has 1 amide bonds. The minimum atomic E-state index is -0.0352. The summed E-state index contributed by atoms with van der Waals surface area (Å²) in [4.78, 5) is 14.0. The van der Waals surface area contributed by atoms with Gasteiger partial charge in [-0.15, -0.1) is 0 Å². The molecule has 6 nitrogen and oxygen atoms in total. The smallest absolute Gasteiger partial charge is 0.272 e. The van der Waals surface area contributed by atoms with Crippen LogP contribution in [0.1, 0.15) is 28.8 Å². The molecule has 0 saturated heterocycles. The lowest BCUT2D eigenvalue weighted by Crippen LogP contribution is -2.29. The minimum Gasteiger partial charge on any atom is -0.334 e. The lowest BCUT2D eigenvalue weighted by Gasteiger charge is -2.17. The monoisotopic (exact) mass is 261 g/mol. The van der Waals surface area contributed by atoms with Gasteiger partial charge < -0.3 is 4.90 Å². The number of hydrogen-bond donors (Lipinski definition) is 0. The first kappa shape index (κ1) is 13.3. The summed E-state index contributed by atoms with van der Waals surface area (Å²) in [6.45, 7) is 5.25. The number of amides is 1. The molecule has 2 aromatic rings. The number of carbonyl (C=O) groups is 1. The van der Waals surface area contributed by atoms with Crippen LogP contribution in [0.2, 0.25) is 0 Å². The maximum absolute atomic E-state index is 12.3. The van der Waals surface area contributed by atoms with Gasteiger partial charge in [0, 0.05) is 26.8 Å². The molecule has 2 rings (SSSR count). The van der Waals surface area contributed by atoms with Gasteiger partial charge in [-0.1, -0.05) is 0 Å². The molecule has 2 heterocycles. The highest BCUT2D eigenvalue weighted by molar-refractivity contribution is 5.92. The number of aromatic nitrogens is 4. The van der Waals surface area contributed by atoms with Gasteiger partial charge in [0.15, 0.2) is 0 Å². The number of rotatable bonds is 4. The van der Waals surface area contributed by atoms with E-state index < -0.39 is 0 Å². The number of hydrogen-bond acceptors (Lipinski definition) is 3. The van der Waals surface area contributed by atoms with E-state index in [1.54, 1.807) is 35.9 Å². The largest absolute Gasteiger partial charge is 0.334 e. The van der Waals surface area contributed by atoms with Crippen molar-refractivity contribution in [2.45, 2.75) is 26.9 Å². The molecular formula is C13H19N5O. The van der Waals surface area contributed by atoms with Gasteiger partial charge in [-0.05, 0) is 26.0 Å². The van der Waals surface area contributed by atoms with Gasteiger partial charge in [0.05, 0.1) is 17.9 Å². The van der Waals surface area contributed by atoms with Crippen LogP contribution in [0.3, 0.4) is 0 Å². The average molecular weight is 261 g/mol. The Hall–Kier alpha value is -2.11. The van der Waals surface area contributed by atoms with E-state index in [2.05, 4.69) is 10.2 Å². The van der Waals surface area contributed by atoms with E-state index >= 15 is 0 Å². The van der Waals surface area contributed by atoms with Gasteiger partial charge in [-0.25, -0.2) is 0 Å². The predicted octanol–water partition coefficient (Wildman–Crippen LogP) is 1.22.